The normalized spacial score (nSPS) is 19.2. The van der Waals surface area contributed by atoms with Crippen LogP contribution in [-0.4, -0.2) is 68.0 Å². The molecule has 2 aromatic rings. The van der Waals surface area contributed by atoms with Crippen molar-refractivity contribution < 1.29 is 17.9 Å². The van der Waals surface area contributed by atoms with Crippen molar-refractivity contribution in [3.8, 4) is 5.75 Å². The average Bonchev–Trinajstić information content (AvgIpc) is 2.84. The highest BCUT2D eigenvalue weighted by atomic mass is 32.2. The molecule has 2 fully saturated rings. The molecule has 11 heteroatoms. The van der Waals surface area contributed by atoms with Gasteiger partial charge in [0.15, 0.2) is 0 Å². The van der Waals surface area contributed by atoms with E-state index in [0.29, 0.717) is 37.6 Å². The van der Waals surface area contributed by atoms with E-state index >= 15 is 0 Å². The van der Waals surface area contributed by atoms with Crippen LogP contribution in [0.3, 0.4) is 0 Å². The summed E-state index contributed by atoms with van der Waals surface area (Å²) in [6.07, 6.45) is 5.70. The number of likely N-dealkylation sites (tertiary alicyclic amines) is 1. The van der Waals surface area contributed by atoms with Crippen molar-refractivity contribution in [3.05, 3.63) is 30.5 Å². The van der Waals surface area contributed by atoms with Gasteiger partial charge in [0.25, 0.3) is 0 Å². The Kier molecular flexibility index (Phi) is 6.44. The zero-order valence-corrected chi connectivity index (χ0v) is 19.6. The van der Waals surface area contributed by atoms with Gasteiger partial charge in [0.2, 0.25) is 21.7 Å². The molecular weight excluding hydrogens is 444 g/mol. The molecule has 4 N–H and O–H groups in total. The fraction of sp³-hybridized carbons (Fsp3) is 0.500. The lowest BCUT2D eigenvalue weighted by Gasteiger charge is -2.48. The second-order valence-electron chi connectivity index (χ2n) is 8.53. The molecule has 0 unspecified atom stereocenters. The highest BCUT2D eigenvalue weighted by Crippen LogP contribution is 2.33. The van der Waals surface area contributed by atoms with Gasteiger partial charge in [-0.05, 0) is 63.0 Å². The van der Waals surface area contributed by atoms with Crippen molar-refractivity contribution in [2.75, 3.05) is 43.9 Å². The summed E-state index contributed by atoms with van der Waals surface area (Å²) in [5.74, 6) is 0.497. The van der Waals surface area contributed by atoms with Crippen molar-refractivity contribution in [2.45, 2.75) is 47.4 Å². The smallest absolute Gasteiger partial charge is 0.238 e. The Morgan fingerprint density at radius 1 is 1.06 bits per heavy atom. The Morgan fingerprint density at radius 2 is 1.70 bits per heavy atom. The highest BCUT2D eigenvalue weighted by molar-refractivity contribution is 7.91. The van der Waals surface area contributed by atoms with Crippen LogP contribution in [0, 0.1) is 0 Å². The molecule has 33 heavy (non-hydrogen) atoms. The maximum absolute atomic E-state index is 13.0. The van der Waals surface area contributed by atoms with Crippen LogP contribution in [-0.2, 0) is 14.6 Å². The minimum atomic E-state index is -3.88. The van der Waals surface area contributed by atoms with Crippen LogP contribution in [0.5, 0.6) is 5.75 Å². The van der Waals surface area contributed by atoms with Gasteiger partial charge >= 0.3 is 0 Å². The molecule has 1 aromatic heterocycles. The van der Waals surface area contributed by atoms with Gasteiger partial charge in [-0.15, -0.1) is 0 Å². The lowest BCUT2D eigenvalue weighted by atomic mass is 9.83. The zero-order chi connectivity index (χ0) is 23.6. The fourth-order valence-electron chi connectivity index (χ4n) is 4.73. The molecule has 10 nitrogen and oxygen atoms in total. The summed E-state index contributed by atoms with van der Waals surface area (Å²) < 4.78 is 31.1. The third-order valence-electron chi connectivity index (χ3n) is 6.72. The molecule has 4 rings (SSSR count). The van der Waals surface area contributed by atoms with E-state index in [0.717, 1.165) is 25.9 Å². The second-order valence-corrected chi connectivity index (χ2v) is 10.4. The Bertz CT molecular complexity index is 1110. The molecule has 2 saturated heterocycles. The standard InChI is InChI=1S/C22H30N6O4S/c1-32-16-5-7-17(8-6-16)33(30,31)18-15-25-21(26-19(18)23)27-13-9-22(10-14-27,20(24)29)28-11-3-2-4-12-28/h5-8,15H,2-4,9-14H2,1H3,(H2,24,29)(H2,23,25,26). The minimum Gasteiger partial charge on any atom is -0.497 e. The van der Waals surface area contributed by atoms with Gasteiger partial charge in [-0.2, -0.15) is 4.98 Å². The number of nitrogen functional groups attached to an aromatic ring is 1. The number of piperidine rings is 2. The first-order valence-electron chi connectivity index (χ1n) is 11.1. The number of nitrogens with zero attached hydrogens (tertiary/aromatic N) is 4. The number of hydrogen-bond donors (Lipinski definition) is 2. The molecule has 178 valence electrons. The monoisotopic (exact) mass is 474 g/mol. The third kappa shape index (κ3) is 4.34. The van der Waals surface area contributed by atoms with Crippen LogP contribution in [0.25, 0.3) is 0 Å². The predicted molar refractivity (Wildman–Crippen MR) is 124 cm³/mol. The topological polar surface area (TPSA) is 145 Å². The van der Waals surface area contributed by atoms with Crippen molar-refractivity contribution >= 4 is 27.5 Å². The molecule has 1 aromatic carbocycles. The molecule has 2 aliphatic heterocycles. The summed E-state index contributed by atoms with van der Waals surface area (Å²) in [4.78, 5) is 25.1. The molecule has 3 heterocycles. The molecular formula is C22H30N6O4S. The third-order valence-corrected chi connectivity index (χ3v) is 8.51. The van der Waals surface area contributed by atoms with Gasteiger partial charge in [0.1, 0.15) is 22.0 Å². The predicted octanol–water partition coefficient (Wildman–Crippen LogP) is 1.21. The number of methoxy groups -OCH3 is 1. The van der Waals surface area contributed by atoms with Gasteiger partial charge in [0, 0.05) is 13.1 Å². The summed E-state index contributed by atoms with van der Waals surface area (Å²) in [6, 6.07) is 6.05. The largest absolute Gasteiger partial charge is 0.497 e. The summed E-state index contributed by atoms with van der Waals surface area (Å²) in [6.45, 7) is 2.82. The molecule has 0 spiro atoms. The quantitative estimate of drug-likeness (QED) is 0.631. The number of ether oxygens (including phenoxy) is 1. The Balaban J connectivity index is 1.52. The Morgan fingerprint density at radius 3 is 2.24 bits per heavy atom. The number of carbonyl (C=O) groups excluding carboxylic acids is 1. The van der Waals surface area contributed by atoms with Crippen molar-refractivity contribution in [2.24, 2.45) is 5.73 Å². The highest BCUT2D eigenvalue weighted by Gasteiger charge is 2.45. The van der Waals surface area contributed by atoms with E-state index in [2.05, 4.69) is 14.9 Å². The molecule has 2 aliphatic rings. The lowest BCUT2D eigenvalue weighted by molar-refractivity contribution is -0.132. The van der Waals surface area contributed by atoms with Crippen molar-refractivity contribution in [3.63, 3.8) is 0 Å². The summed E-state index contributed by atoms with van der Waals surface area (Å²) in [7, 11) is -2.37. The summed E-state index contributed by atoms with van der Waals surface area (Å²) in [5.41, 5.74) is 11.3. The zero-order valence-electron chi connectivity index (χ0n) is 18.7. The van der Waals surface area contributed by atoms with E-state index in [4.69, 9.17) is 16.2 Å². The number of benzene rings is 1. The van der Waals surface area contributed by atoms with E-state index in [-0.39, 0.29) is 21.5 Å². The van der Waals surface area contributed by atoms with Crippen LogP contribution in [0.1, 0.15) is 32.1 Å². The molecule has 0 aliphatic carbocycles. The molecule has 0 bridgehead atoms. The number of hydrogen-bond acceptors (Lipinski definition) is 9. The SMILES string of the molecule is COc1ccc(S(=O)(=O)c2cnc(N3CCC(C(N)=O)(N4CCCCC4)CC3)nc2N)cc1. The maximum atomic E-state index is 13.0. The molecule has 1 amide bonds. The fourth-order valence-corrected chi connectivity index (χ4v) is 5.99. The van der Waals surface area contributed by atoms with E-state index in [1.54, 1.807) is 12.1 Å². The van der Waals surface area contributed by atoms with Crippen LogP contribution in [0.4, 0.5) is 11.8 Å². The van der Waals surface area contributed by atoms with Crippen LogP contribution in [0.2, 0.25) is 0 Å². The van der Waals surface area contributed by atoms with Crippen molar-refractivity contribution in [1.29, 1.82) is 0 Å². The Hall–Kier alpha value is -2.92. The molecule has 0 saturated carbocycles. The van der Waals surface area contributed by atoms with Gasteiger partial charge in [-0.1, -0.05) is 6.42 Å². The van der Waals surface area contributed by atoms with Crippen molar-refractivity contribution in [1.82, 2.24) is 14.9 Å². The number of amides is 1. The number of sulfone groups is 1. The molecule has 0 atom stereocenters. The minimum absolute atomic E-state index is 0.0806. The van der Waals surface area contributed by atoms with Gasteiger partial charge < -0.3 is 21.1 Å². The average molecular weight is 475 g/mol. The van der Waals surface area contributed by atoms with E-state index in [1.165, 1.54) is 31.9 Å². The summed E-state index contributed by atoms with van der Waals surface area (Å²) in [5, 5.41) is 0. The van der Waals surface area contributed by atoms with Gasteiger partial charge in [0.05, 0.1) is 18.2 Å². The summed E-state index contributed by atoms with van der Waals surface area (Å²) >= 11 is 0. The van der Waals surface area contributed by atoms with E-state index in [1.807, 2.05) is 4.90 Å². The van der Waals surface area contributed by atoms with Crippen LogP contribution in [0.15, 0.2) is 40.3 Å². The number of nitrogens with two attached hydrogens (primary N) is 2. The Labute approximate surface area is 193 Å². The van der Waals surface area contributed by atoms with E-state index < -0.39 is 15.4 Å². The first kappa shape index (κ1) is 23.2. The molecule has 0 radical (unpaired) electrons. The first-order chi connectivity index (χ1) is 15.8. The number of anilines is 2. The first-order valence-corrected chi connectivity index (χ1v) is 12.6. The number of rotatable bonds is 6. The van der Waals surface area contributed by atoms with Crippen LogP contribution >= 0.6 is 0 Å². The second kappa shape index (κ2) is 9.14. The van der Waals surface area contributed by atoms with E-state index in [9.17, 15) is 13.2 Å². The van der Waals surface area contributed by atoms with Gasteiger partial charge in [-0.3, -0.25) is 9.69 Å². The number of primary amides is 1. The number of aromatic nitrogens is 2. The number of carbonyl (C=O) groups is 1. The van der Waals surface area contributed by atoms with Gasteiger partial charge in [-0.25, -0.2) is 13.4 Å². The maximum Gasteiger partial charge on any atom is 0.238 e. The lowest BCUT2D eigenvalue weighted by Crippen LogP contribution is -2.63. The van der Waals surface area contributed by atoms with Crippen LogP contribution < -0.4 is 21.1 Å².